The maximum absolute atomic E-state index is 5.37. The Bertz CT molecular complexity index is 306. The van der Waals surface area contributed by atoms with Crippen LogP contribution in [0.5, 0.6) is 0 Å². The highest BCUT2D eigenvalue weighted by atomic mass is 15.3. The number of anilines is 3. The maximum atomic E-state index is 5.37. The smallest absolute Gasteiger partial charge is 0.240 e. The number of nitrogen functional groups attached to an aromatic ring is 2. The predicted molar refractivity (Wildman–Crippen MR) is 51.5 cm³/mol. The lowest BCUT2D eigenvalue weighted by atomic mass is 10.7. The summed E-state index contributed by atoms with van der Waals surface area (Å²) in [5.74, 6) is 0.433. The van der Waals surface area contributed by atoms with Crippen LogP contribution in [0.15, 0.2) is 25.6 Å². The van der Waals surface area contributed by atoms with Gasteiger partial charge < -0.3 is 11.5 Å². The zero-order valence-corrected chi connectivity index (χ0v) is 7.01. The predicted octanol–water partition coefficient (Wildman–Crippen LogP) is 0.129. The average molecular weight is 178 g/mol. The summed E-state index contributed by atoms with van der Waals surface area (Å²) < 4.78 is 0. The third-order valence-corrected chi connectivity index (χ3v) is 1.28. The van der Waals surface area contributed by atoms with Crippen molar-refractivity contribution in [1.29, 1.82) is 0 Å². The molecule has 0 aliphatic heterocycles. The summed E-state index contributed by atoms with van der Waals surface area (Å²) in [4.78, 5) is 12.8. The van der Waals surface area contributed by atoms with Gasteiger partial charge in [-0.3, -0.25) is 4.90 Å². The summed E-state index contributed by atoms with van der Waals surface area (Å²) in [6, 6.07) is 0. The van der Waals surface area contributed by atoms with Crippen molar-refractivity contribution in [2.75, 3.05) is 16.4 Å². The molecule has 0 saturated carbocycles. The van der Waals surface area contributed by atoms with Crippen molar-refractivity contribution in [1.82, 2.24) is 15.0 Å². The molecule has 0 fully saturated rings. The van der Waals surface area contributed by atoms with E-state index in [1.807, 2.05) is 0 Å². The second kappa shape index (κ2) is 3.53. The number of nitrogens with zero attached hydrogens (tertiary/aromatic N) is 4. The summed E-state index contributed by atoms with van der Waals surface area (Å²) in [5.41, 5.74) is 10.7. The maximum Gasteiger partial charge on any atom is 0.240 e. The Morgan fingerprint density at radius 1 is 1.00 bits per heavy atom. The third-order valence-electron chi connectivity index (χ3n) is 1.28. The summed E-state index contributed by atoms with van der Waals surface area (Å²) in [6.07, 6.45) is 2.97. The molecule has 4 N–H and O–H groups in total. The minimum absolute atomic E-state index is 0.0659. The van der Waals surface area contributed by atoms with Crippen LogP contribution in [0, 0.1) is 0 Å². The number of hydrogen-bond donors (Lipinski definition) is 2. The minimum atomic E-state index is 0.0659. The molecule has 0 radical (unpaired) electrons. The van der Waals surface area contributed by atoms with Crippen molar-refractivity contribution in [2.45, 2.75) is 0 Å². The van der Waals surface area contributed by atoms with Gasteiger partial charge in [-0.25, -0.2) is 0 Å². The van der Waals surface area contributed by atoms with Gasteiger partial charge in [0.25, 0.3) is 0 Å². The first-order chi connectivity index (χ1) is 6.17. The second-order valence-electron chi connectivity index (χ2n) is 2.12. The van der Waals surface area contributed by atoms with E-state index in [1.54, 1.807) is 0 Å². The van der Waals surface area contributed by atoms with Gasteiger partial charge in [-0.1, -0.05) is 13.2 Å². The van der Waals surface area contributed by atoms with Crippen LogP contribution < -0.4 is 16.4 Å². The average Bonchev–Trinajstić information content (AvgIpc) is 2.04. The van der Waals surface area contributed by atoms with Gasteiger partial charge in [-0.2, -0.15) is 15.0 Å². The standard InChI is InChI=1S/C7H10N6/c1-3-13(4-2)7-11-5(8)10-6(9)12-7/h3-4H,1-2H2,(H4,8,9,10,11,12). The van der Waals surface area contributed by atoms with Crippen molar-refractivity contribution in [2.24, 2.45) is 0 Å². The van der Waals surface area contributed by atoms with Crippen molar-refractivity contribution < 1.29 is 0 Å². The molecule has 0 atom stereocenters. The lowest BCUT2D eigenvalue weighted by Crippen LogP contribution is -2.13. The van der Waals surface area contributed by atoms with E-state index in [0.29, 0.717) is 5.95 Å². The van der Waals surface area contributed by atoms with E-state index in [2.05, 4.69) is 28.1 Å². The number of aromatic nitrogens is 3. The lowest BCUT2D eigenvalue weighted by Gasteiger charge is -2.11. The van der Waals surface area contributed by atoms with Gasteiger partial charge in [0.1, 0.15) is 0 Å². The molecule has 0 spiro atoms. The third kappa shape index (κ3) is 1.92. The van der Waals surface area contributed by atoms with E-state index in [1.165, 1.54) is 17.3 Å². The van der Waals surface area contributed by atoms with Crippen molar-refractivity contribution >= 4 is 17.8 Å². The molecular formula is C7H10N6. The Hall–Kier alpha value is -2.11. The first-order valence-corrected chi connectivity index (χ1v) is 3.48. The van der Waals surface area contributed by atoms with Gasteiger partial charge >= 0.3 is 0 Å². The van der Waals surface area contributed by atoms with Crippen LogP contribution in [0.4, 0.5) is 17.8 Å². The number of hydrogen-bond acceptors (Lipinski definition) is 6. The van der Waals surface area contributed by atoms with Gasteiger partial charge in [0, 0.05) is 12.4 Å². The van der Waals surface area contributed by atoms with E-state index in [9.17, 15) is 0 Å². The summed E-state index contributed by atoms with van der Waals surface area (Å²) in [5, 5.41) is 0. The molecule has 0 unspecified atom stereocenters. The minimum Gasteiger partial charge on any atom is -0.368 e. The first kappa shape index (κ1) is 8.98. The Morgan fingerprint density at radius 2 is 1.46 bits per heavy atom. The number of rotatable bonds is 3. The van der Waals surface area contributed by atoms with Gasteiger partial charge in [-0.05, 0) is 0 Å². The second-order valence-corrected chi connectivity index (χ2v) is 2.12. The largest absolute Gasteiger partial charge is 0.368 e. The molecule has 0 bridgehead atoms. The summed E-state index contributed by atoms with van der Waals surface area (Å²) in [7, 11) is 0. The van der Waals surface area contributed by atoms with Crippen LogP contribution >= 0.6 is 0 Å². The van der Waals surface area contributed by atoms with E-state index in [-0.39, 0.29) is 11.9 Å². The van der Waals surface area contributed by atoms with Crippen molar-refractivity contribution in [3.05, 3.63) is 25.6 Å². The van der Waals surface area contributed by atoms with Crippen molar-refractivity contribution in [3.63, 3.8) is 0 Å². The Kier molecular flexibility index (Phi) is 2.44. The molecule has 0 aromatic carbocycles. The molecule has 0 saturated heterocycles. The molecule has 0 aliphatic carbocycles. The molecule has 13 heavy (non-hydrogen) atoms. The quantitative estimate of drug-likeness (QED) is 0.683. The normalized spacial score (nSPS) is 9.23. The van der Waals surface area contributed by atoms with E-state index < -0.39 is 0 Å². The molecule has 6 heteroatoms. The molecule has 6 nitrogen and oxygen atoms in total. The SMILES string of the molecule is C=CN(C=C)c1nc(N)nc(N)n1. The highest BCUT2D eigenvalue weighted by Gasteiger charge is 2.04. The van der Waals surface area contributed by atoms with Crippen LogP contribution in [0.1, 0.15) is 0 Å². The topological polar surface area (TPSA) is 94.0 Å². The van der Waals surface area contributed by atoms with Crippen LogP contribution in [-0.4, -0.2) is 15.0 Å². The van der Waals surface area contributed by atoms with Gasteiger partial charge in [0.15, 0.2) is 0 Å². The molecule has 0 aliphatic rings. The molecule has 1 heterocycles. The van der Waals surface area contributed by atoms with Crippen molar-refractivity contribution in [3.8, 4) is 0 Å². The fourth-order valence-corrected chi connectivity index (χ4v) is 0.751. The molecule has 1 rings (SSSR count). The molecule has 1 aromatic rings. The van der Waals surface area contributed by atoms with Gasteiger partial charge in [0.05, 0.1) is 0 Å². The fraction of sp³-hybridized carbons (Fsp3) is 0. The summed E-state index contributed by atoms with van der Waals surface area (Å²) >= 11 is 0. The molecule has 0 amide bonds. The van der Waals surface area contributed by atoms with Crippen LogP contribution in [-0.2, 0) is 0 Å². The van der Waals surface area contributed by atoms with E-state index >= 15 is 0 Å². The first-order valence-electron chi connectivity index (χ1n) is 3.48. The monoisotopic (exact) mass is 178 g/mol. The van der Waals surface area contributed by atoms with E-state index in [4.69, 9.17) is 11.5 Å². The lowest BCUT2D eigenvalue weighted by molar-refractivity contribution is 1.03. The van der Waals surface area contributed by atoms with Crippen LogP contribution in [0.25, 0.3) is 0 Å². The zero-order valence-electron chi connectivity index (χ0n) is 7.01. The summed E-state index contributed by atoms with van der Waals surface area (Å²) in [6.45, 7) is 7.08. The van der Waals surface area contributed by atoms with E-state index in [0.717, 1.165) is 0 Å². The molecular weight excluding hydrogens is 168 g/mol. The van der Waals surface area contributed by atoms with Gasteiger partial charge in [-0.15, -0.1) is 0 Å². The molecule has 1 aromatic heterocycles. The Morgan fingerprint density at radius 3 is 1.85 bits per heavy atom. The van der Waals surface area contributed by atoms with Gasteiger partial charge in [0.2, 0.25) is 17.8 Å². The highest BCUT2D eigenvalue weighted by Crippen LogP contribution is 2.09. The fourth-order valence-electron chi connectivity index (χ4n) is 0.751. The zero-order chi connectivity index (χ0) is 9.84. The van der Waals surface area contributed by atoms with Crippen LogP contribution in [0.3, 0.4) is 0 Å². The Balaban J connectivity index is 3.12. The highest BCUT2D eigenvalue weighted by molar-refractivity contribution is 5.44. The van der Waals surface area contributed by atoms with Crippen LogP contribution in [0.2, 0.25) is 0 Å². The Labute approximate surface area is 75.6 Å². The molecule has 68 valence electrons. The number of nitrogens with two attached hydrogens (primary N) is 2.